The van der Waals surface area contributed by atoms with Gasteiger partial charge in [-0.05, 0) is 36.3 Å². The second-order valence-electron chi connectivity index (χ2n) is 6.58. The van der Waals surface area contributed by atoms with Crippen LogP contribution >= 0.6 is 0 Å². The Hall–Kier alpha value is -2.30. The van der Waals surface area contributed by atoms with Crippen LogP contribution in [0.5, 0.6) is 0 Å². The Bertz CT molecular complexity index is 659. The van der Waals surface area contributed by atoms with E-state index in [9.17, 15) is 4.79 Å². The van der Waals surface area contributed by atoms with Gasteiger partial charge in [0, 0.05) is 25.5 Å². The molecule has 1 aliphatic carbocycles. The molecule has 2 heterocycles. The normalized spacial score (nSPS) is 26.7. The van der Waals surface area contributed by atoms with Crippen molar-refractivity contribution in [1.29, 1.82) is 0 Å². The Labute approximate surface area is 135 Å². The first-order valence-electron chi connectivity index (χ1n) is 8.19. The number of piperidine rings is 1. The summed E-state index contributed by atoms with van der Waals surface area (Å²) in [6.45, 7) is 4.19. The lowest BCUT2D eigenvalue weighted by Crippen LogP contribution is -2.33. The fourth-order valence-electron chi connectivity index (χ4n) is 3.95. The first kappa shape index (κ1) is 14.3. The van der Waals surface area contributed by atoms with E-state index in [2.05, 4.69) is 12.0 Å². The van der Waals surface area contributed by atoms with Crippen molar-refractivity contribution in [2.45, 2.75) is 19.6 Å². The third-order valence-corrected chi connectivity index (χ3v) is 5.22. The minimum atomic E-state index is -0.188. The summed E-state index contributed by atoms with van der Waals surface area (Å²) in [5, 5.41) is 4.33. The van der Waals surface area contributed by atoms with Gasteiger partial charge in [-0.25, -0.2) is 4.79 Å². The molecule has 0 bridgehead atoms. The number of amides is 1. The van der Waals surface area contributed by atoms with Crippen LogP contribution in [0, 0.1) is 17.8 Å². The zero-order valence-corrected chi connectivity index (χ0v) is 13.2. The van der Waals surface area contributed by atoms with Crippen LogP contribution in [0.2, 0.25) is 0 Å². The number of ether oxygens (including phenoxy) is 1. The number of nitrogens with zero attached hydrogens (tertiary/aromatic N) is 3. The van der Waals surface area contributed by atoms with Gasteiger partial charge >= 0.3 is 6.09 Å². The van der Waals surface area contributed by atoms with Gasteiger partial charge in [0.1, 0.15) is 6.61 Å². The van der Waals surface area contributed by atoms with Gasteiger partial charge in [0.2, 0.25) is 0 Å². The van der Waals surface area contributed by atoms with Crippen molar-refractivity contribution in [1.82, 2.24) is 14.7 Å². The highest BCUT2D eigenvalue weighted by Gasteiger charge is 2.59. The molecule has 2 fully saturated rings. The Morgan fingerprint density at radius 2 is 2.00 bits per heavy atom. The maximum absolute atomic E-state index is 12.2. The van der Waals surface area contributed by atoms with E-state index in [1.54, 1.807) is 0 Å². The third kappa shape index (κ3) is 2.71. The zero-order chi connectivity index (χ0) is 15.8. The van der Waals surface area contributed by atoms with E-state index in [0.29, 0.717) is 30.4 Å². The van der Waals surface area contributed by atoms with Gasteiger partial charge in [-0.15, -0.1) is 0 Å². The van der Waals surface area contributed by atoms with Crippen molar-refractivity contribution in [3.8, 4) is 0 Å². The summed E-state index contributed by atoms with van der Waals surface area (Å²) in [6.07, 6.45) is 3.65. The lowest BCUT2D eigenvalue weighted by molar-refractivity contribution is 0.0974. The summed E-state index contributed by atoms with van der Waals surface area (Å²) in [5.74, 6) is 1.82. The number of fused-ring (bicyclic) bond motifs is 1. The number of aromatic nitrogens is 2. The van der Waals surface area contributed by atoms with Crippen LogP contribution in [-0.2, 0) is 11.3 Å². The average Bonchev–Trinajstić information content (AvgIpc) is 3.01. The summed E-state index contributed by atoms with van der Waals surface area (Å²) >= 11 is 0. The van der Waals surface area contributed by atoms with Crippen molar-refractivity contribution in [2.24, 2.45) is 17.8 Å². The molecule has 1 unspecified atom stereocenters. The molecule has 1 saturated heterocycles. The largest absolute Gasteiger partial charge is 0.445 e. The highest BCUT2D eigenvalue weighted by molar-refractivity contribution is 5.68. The van der Waals surface area contributed by atoms with E-state index >= 15 is 0 Å². The average molecular weight is 311 g/mol. The molecule has 1 aromatic carbocycles. The number of carbonyl (C=O) groups excluding carboxylic acids is 1. The quantitative estimate of drug-likeness (QED) is 0.872. The Morgan fingerprint density at radius 1 is 1.26 bits per heavy atom. The molecule has 4 rings (SSSR count). The van der Waals surface area contributed by atoms with E-state index in [1.807, 2.05) is 58.4 Å². The molecule has 23 heavy (non-hydrogen) atoms. The molecule has 120 valence electrons. The van der Waals surface area contributed by atoms with Crippen molar-refractivity contribution in [2.75, 3.05) is 13.1 Å². The Morgan fingerprint density at radius 3 is 2.65 bits per heavy atom. The van der Waals surface area contributed by atoms with E-state index in [0.717, 1.165) is 18.7 Å². The van der Waals surface area contributed by atoms with Crippen LogP contribution in [-0.4, -0.2) is 33.9 Å². The molecule has 1 aromatic heterocycles. The molecule has 1 aliphatic heterocycles. The first-order valence-corrected chi connectivity index (χ1v) is 8.19. The fraction of sp³-hybridized carbons (Fsp3) is 0.444. The van der Waals surface area contributed by atoms with Gasteiger partial charge in [0.25, 0.3) is 0 Å². The van der Waals surface area contributed by atoms with Gasteiger partial charge in [-0.2, -0.15) is 5.10 Å². The number of hydrogen-bond acceptors (Lipinski definition) is 3. The molecule has 0 spiro atoms. The Balaban J connectivity index is 1.27. The van der Waals surface area contributed by atoms with E-state index in [-0.39, 0.29) is 6.09 Å². The molecule has 5 nitrogen and oxygen atoms in total. The van der Waals surface area contributed by atoms with Gasteiger partial charge in [-0.3, -0.25) is 4.68 Å². The molecule has 5 heteroatoms. The standard InChI is InChI=1S/C18H21N3O2/c1-13(21-9-5-8-19-21)17-15-10-20(11-16(15)17)18(22)23-12-14-6-3-2-4-7-14/h2-9,13,15-17H,10-12H2,1H3/t13?,15-,16+,17+. The first-order chi connectivity index (χ1) is 11.2. The molecular formula is C18H21N3O2. The van der Waals surface area contributed by atoms with Crippen LogP contribution in [0.4, 0.5) is 4.79 Å². The summed E-state index contributed by atoms with van der Waals surface area (Å²) in [6, 6.07) is 12.2. The minimum Gasteiger partial charge on any atom is -0.445 e. The highest BCUT2D eigenvalue weighted by Crippen LogP contribution is 2.56. The smallest absolute Gasteiger partial charge is 0.410 e. The molecule has 4 atom stereocenters. The van der Waals surface area contributed by atoms with E-state index in [1.165, 1.54) is 0 Å². The minimum absolute atomic E-state index is 0.188. The lowest BCUT2D eigenvalue weighted by Gasteiger charge is -2.22. The van der Waals surface area contributed by atoms with Gasteiger partial charge < -0.3 is 9.64 Å². The van der Waals surface area contributed by atoms with E-state index in [4.69, 9.17) is 4.74 Å². The lowest BCUT2D eigenvalue weighted by atomic mass is 10.1. The van der Waals surface area contributed by atoms with Crippen molar-refractivity contribution in [3.63, 3.8) is 0 Å². The van der Waals surface area contributed by atoms with Gasteiger partial charge in [0.05, 0.1) is 6.04 Å². The fourth-order valence-corrected chi connectivity index (χ4v) is 3.95. The van der Waals surface area contributed by atoms with Crippen LogP contribution in [0.15, 0.2) is 48.8 Å². The highest BCUT2D eigenvalue weighted by atomic mass is 16.6. The summed E-state index contributed by atoms with van der Waals surface area (Å²) < 4.78 is 7.45. The second kappa shape index (κ2) is 5.72. The van der Waals surface area contributed by atoms with Crippen molar-refractivity contribution < 1.29 is 9.53 Å². The van der Waals surface area contributed by atoms with Crippen molar-refractivity contribution in [3.05, 3.63) is 54.4 Å². The molecule has 2 aliphatic rings. The molecule has 1 saturated carbocycles. The summed E-state index contributed by atoms with van der Waals surface area (Å²) in [4.78, 5) is 14.0. The number of likely N-dealkylation sites (tertiary alicyclic amines) is 1. The number of benzene rings is 1. The predicted molar refractivity (Wildman–Crippen MR) is 85.6 cm³/mol. The van der Waals surface area contributed by atoms with Crippen LogP contribution in [0.3, 0.4) is 0 Å². The van der Waals surface area contributed by atoms with Crippen LogP contribution in [0.25, 0.3) is 0 Å². The summed E-state index contributed by atoms with van der Waals surface area (Å²) in [7, 11) is 0. The van der Waals surface area contributed by atoms with Crippen LogP contribution in [0.1, 0.15) is 18.5 Å². The van der Waals surface area contributed by atoms with Gasteiger partial charge in [0.15, 0.2) is 0 Å². The molecule has 0 radical (unpaired) electrons. The Kier molecular flexibility index (Phi) is 3.56. The molecule has 1 amide bonds. The third-order valence-electron chi connectivity index (χ3n) is 5.22. The monoisotopic (exact) mass is 311 g/mol. The molecular weight excluding hydrogens is 290 g/mol. The second-order valence-corrected chi connectivity index (χ2v) is 6.58. The number of hydrogen-bond donors (Lipinski definition) is 0. The molecule has 2 aromatic rings. The maximum atomic E-state index is 12.2. The van der Waals surface area contributed by atoms with Crippen LogP contribution < -0.4 is 0 Å². The zero-order valence-electron chi connectivity index (χ0n) is 13.2. The van der Waals surface area contributed by atoms with Crippen molar-refractivity contribution >= 4 is 6.09 Å². The van der Waals surface area contributed by atoms with E-state index < -0.39 is 0 Å². The summed E-state index contributed by atoms with van der Waals surface area (Å²) in [5.41, 5.74) is 1.02. The number of carbonyl (C=O) groups is 1. The molecule has 0 N–H and O–H groups in total. The topological polar surface area (TPSA) is 47.4 Å². The maximum Gasteiger partial charge on any atom is 0.410 e. The number of rotatable bonds is 4. The van der Waals surface area contributed by atoms with Gasteiger partial charge in [-0.1, -0.05) is 30.3 Å². The predicted octanol–water partition coefficient (Wildman–Crippen LogP) is 2.96. The SMILES string of the molecule is CC([C@H]1[C@@H]2CN(C(=O)OCc3ccccc3)C[C@@H]21)n1cccn1.